The molecule has 2 rings (SSSR count). The first kappa shape index (κ1) is 16.7. The van der Waals surface area contributed by atoms with Gasteiger partial charge in [-0.3, -0.25) is 0 Å². The molecule has 0 fully saturated rings. The van der Waals surface area contributed by atoms with Gasteiger partial charge in [-0.1, -0.05) is 41.4 Å². The van der Waals surface area contributed by atoms with Crippen molar-refractivity contribution in [2.24, 2.45) is 5.73 Å². The van der Waals surface area contributed by atoms with Crippen LogP contribution in [0.15, 0.2) is 40.9 Å². The maximum atomic E-state index is 14.1. The molecule has 0 aliphatic carbocycles. The van der Waals surface area contributed by atoms with Crippen LogP contribution in [-0.2, 0) is 0 Å². The van der Waals surface area contributed by atoms with Gasteiger partial charge in [0.05, 0.1) is 20.6 Å². The Morgan fingerprint density at radius 1 is 1.19 bits per heavy atom. The van der Waals surface area contributed by atoms with Crippen LogP contribution >= 0.6 is 39.1 Å². The van der Waals surface area contributed by atoms with Gasteiger partial charge in [-0.05, 0) is 39.7 Å². The number of aliphatic hydroxyl groups is 1. The van der Waals surface area contributed by atoms with Gasteiger partial charge in [-0.2, -0.15) is 0 Å². The molecule has 0 heterocycles. The molecule has 112 valence electrons. The van der Waals surface area contributed by atoms with E-state index in [1.807, 2.05) is 0 Å². The molecule has 2 atom stereocenters. The van der Waals surface area contributed by atoms with Crippen molar-refractivity contribution in [2.45, 2.75) is 12.0 Å². The third-order valence-electron chi connectivity index (χ3n) is 3.31. The largest absolute Gasteiger partial charge is 0.388 e. The summed E-state index contributed by atoms with van der Waals surface area (Å²) in [6.07, 6.45) is -1.08. The second-order valence-electron chi connectivity index (χ2n) is 4.60. The molecule has 2 aromatic rings. The molecule has 2 nitrogen and oxygen atoms in total. The van der Waals surface area contributed by atoms with Crippen LogP contribution in [0.5, 0.6) is 0 Å². The molecule has 0 amide bonds. The second kappa shape index (κ2) is 7.07. The topological polar surface area (TPSA) is 46.2 Å². The standard InChI is InChI=1S/C15H13BrCl2FNO/c16-11-3-1-2-9(14(11)19)15(21)10(7-20)8-4-5-12(17)13(18)6-8/h1-6,10,15,21H,7,20H2. The molecule has 2 unspecified atom stereocenters. The fourth-order valence-corrected chi connectivity index (χ4v) is 2.84. The van der Waals surface area contributed by atoms with Crippen molar-refractivity contribution in [3.8, 4) is 0 Å². The van der Waals surface area contributed by atoms with E-state index in [0.717, 1.165) is 0 Å². The SMILES string of the molecule is NCC(c1ccc(Cl)c(Cl)c1)C(O)c1cccc(Br)c1F. The fraction of sp³-hybridized carbons (Fsp3) is 0.200. The first-order valence-corrected chi connectivity index (χ1v) is 7.77. The number of halogens is 4. The van der Waals surface area contributed by atoms with Gasteiger partial charge >= 0.3 is 0 Å². The van der Waals surface area contributed by atoms with Crippen LogP contribution in [0, 0.1) is 5.82 Å². The number of benzene rings is 2. The lowest BCUT2D eigenvalue weighted by molar-refractivity contribution is 0.143. The minimum absolute atomic E-state index is 0.144. The highest BCUT2D eigenvalue weighted by molar-refractivity contribution is 9.10. The van der Waals surface area contributed by atoms with Crippen molar-refractivity contribution in [3.63, 3.8) is 0 Å². The van der Waals surface area contributed by atoms with Crippen LogP contribution in [0.3, 0.4) is 0 Å². The molecular weight excluding hydrogens is 380 g/mol. The predicted octanol–water partition coefficient (Wildman–Crippen LogP) is 4.67. The van der Waals surface area contributed by atoms with E-state index < -0.39 is 17.8 Å². The zero-order valence-corrected chi connectivity index (χ0v) is 14.0. The van der Waals surface area contributed by atoms with E-state index in [-0.39, 0.29) is 12.1 Å². The Labute approximate surface area is 140 Å². The molecule has 0 bridgehead atoms. The molecule has 21 heavy (non-hydrogen) atoms. The van der Waals surface area contributed by atoms with Crippen LogP contribution in [0.25, 0.3) is 0 Å². The van der Waals surface area contributed by atoms with Crippen LogP contribution in [-0.4, -0.2) is 11.7 Å². The monoisotopic (exact) mass is 391 g/mol. The van der Waals surface area contributed by atoms with Crippen LogP contribution in [0.4, 0.5) is 4.39 Å². The van der Waals surface area contributed by atoms with Gasteiger partial charge in [0.25, 0.3) is 0 Å². The van der Waals surface area contributed by atoms with E-state index in [4.69, 9.17) is 28.9 Å². The van der Waals surface area contributed by atoms with E-state index in [0.29, 0.717) is 20.1 Å². The maximum Gasteiger partial charge on any atom is 0.143 e. The maximum absolute atomic E-state index is 14.1. The third-order valence-corrected chi connectivity index (χ3v) is 4.66. The highest BCUT2D eigenvalue weighted by atomic mass is 79.9. The van der Waals surface area contributed by atoms with Crippen LogP contribution in [0.2, 0.25) is 10.0 Å². The third kappa shape index (κ3) is 3.58. The molecular formula is C15H13BrCl2FNO. The molecule has 0 spiro atoms. The van der Waals surface area contributed by atoms with Gasteiger partial charge in [0, 0.05) is 18.0 Å². The molecule has 6 heteroatoms. The van der Waals surface area contributed by atoms with Crippen molar-refractivity contribution in [1.82, 2.24) is 0 Å². The van der Waals surface area contributed by atoms with E-state index in [1.165, 1.54) is 6.07 Å². The van der Waals surface area contributed by atoms with Crippen molar-refractivity contribution in [1.29, 1.82) is 0 Å². The Morgan fingerprint density at radius 2 is 1.90 bits per heavy atom. The summed E-state index contributed by atoms with van der Waals surface area (Å²) in [5.41, 5.74) is 6.64. The summed E-state index contributed by atoms with van der Waals surface area (Å²) < 4.78 is 14.4. The Hall–Kier alpha value is -0.650. The number of nitrogens with two attached hydrogens (primary N) is 1. The molecule has 0 radical (unpaired) electrons. The number of hydrogen-bond acceptors (Lipinski definition) is 2. The van der Waals surface area contributed by atoms with Gasteiger partial charge in [-0.15, -0.1) is 0 Å². The van der Waals surface area contributed by atoms with E-state index >= 15 is 0 Å². The quantitative estimate of drug-likeness (QED) is 0.793. The summed E-state index contributed by atoms with van der Waals surface area (Å²) in [7, 11) is 0. The minimum Gasteiger partial charge on any atom is -0.388 e. The smallest absolute Gasteiger partial charge is 0.143 e. The molecule has 0 aliphatic rings. The molecule has 0 saturated carbocycles. The fourth-order valence-electron chi connectivity index (χ4n) is 2.16. The first-order chi connectivity index (χ1) is 9.95. The van der Waals surface area contributed by atoms with Gasteiger partial charge in [-0.25, -0.2) is 4.39 Å². The Morgan fingerprint density at radius 3 is 2.52 bits per heavy atom. The summed E-state index contributed by atoms with van der Waals surface area (Å²) >= 11 is 15.0. The molecule has 2 aromatic carbocycles. The Kier molecular flexibility index (Phi) is 5.63. The predicted molar refractivity (Wildman–Crippen MR) is 87.3 cm³/mol. The zero-order chi connectivity index (χ0) is 15.6. The average Bonchev–Trinajstić information content (AvgIpc) is 2.46. The minimum atomic E-state index is -1.08. The van der Waals surface area contributed by atoms with Gasteiger partial charge in [0.1, 0.15) is 5.82 Å². The van der Waals surface area contributed by atoms with E-state index in [9.17, 15) is 9.50 Å². The summed E-state index contributed by atoms with van der Waals surface area (Å²) in [4.78, 5) is 0. The zero-order valence-electron chi connectivity index (χ0n) is 10.9. The normalized spacial score (nSPS) is 14.0. The van der Waals surface area contributed by atoms with Crippen LogP contribution in [0.1, 0.15) is 23.1 Å². The highest BCUT2D eigenvalue weighted by Crippen LogP contribution is 2.35. The summed E-state index contributed by atoms with van der Waals surface area (Å²) in [5.74, 6) is -0.980. The summed E-state index contributed by atoms with van der Waals surface area (Å²) in [6, 6.07) is 9.76. The van der Waals surface area contributed by atoms with Gasteiger partial charge < -0.3 is 10.8 Å². The summed E-state index contributed by atoms with van der Waals surface area (Å²) in [5, 5.41) is 11.3. The Bertz CT molecular complexity index is 654. The van der Waals surface area contributed by atoms with E-state index in [1.54, 1.807) is 30.3 Å². The van der Waals surface area contributed by atoms with E-state index in [2.05, 4.69) is 15.9 Å². The Balaban J connectivity index is 2.40. The first-order valence-electron chi connectivity index (χ1n) is 6.22. The van der Waals surface area contributed by atoms with Gasteiger partial charge in [0.2, 0.25) is 0 Å². The second-order valence-corrected chi connectivity index (χ2v) is 6.27. The van der Waals surface area contributed by atoms with Crippen LogP contribution < -0.4 is 5.73 Å². The van der Waals surface area contributed by atoms with Crippen molar-refractivity contribution in [2.75, 3.05) is 6.54 Å². The highest BCUT2D eigenvalue weighted by Gasteiger charge is 2.25. The molecule has 0 saturated heterocycles. The molecule has 0 aliphatic heterocycles. The van der Waals surface area contributed by atoms with Crippen molar-refractivity contribution in [3.05, 3.63) is 67.9 Å². The number of hydrogen-bond donors (Lipinski definition) is 2. The molecule has 3 N–H and O–H groups in total. The van der Waals surface area contributed by atoms with Gasteiger partial charge in [0.15, 0.2) is 0 Å². The lowest BCUT2D eigenvalue weighted by Gasteiger charge is -2.23. The average molecular weight is 393 g/mol. The number of aliphatic hydroxyl groups excluding tert-OH is 1. The van der Waals surface area contributed by atoms with Crippen molar-refractivity contribution >= 4 is 39.1 Å². The number of rotatable bonds is 4. The summed E-state index contributed by atoms with van der Waals surface area (Å²) in [6.45, 7) is 0.144. The lowest BCUT2D eigenvalue weighted by Crippen LogP contribution is -2.21. The lowest BCUT2D eigenvalue weighted by atomic mass is 9.89. The molecule has 0 aromatic heterocycles. The van der Waals surface area contributed by atoms with Crippen molar-refractivity contribution < 1.29 is 9.50 Å².